The van der Waals surface area contributed by atoms with Crippen LogP contribution in [0.4, 0.5) is 5.82 Å². The Morgan fingerprint density at radius 1 is 1.29 bits per heavy atom. The summed E-state index contributed by atoms with van der Waals surface area (Å²) in [7, 11) is -3.68. The van der Waals surface area contributed by atoms with Gasteiger partial charge in [0.15, 0.2) is 0 Å². The molecule has 2 rings (SSSR count). The highest BCUT2D eigenvalue weighted by molar-refractivity contribution is 7.90. The van der Waals surface area contributed by atoms with Gasteiger partial charge in [-0.1, -0.05) is 25.1 Å². The van der Waals surface area contributed by atoms with E-state index < -0.39 is 10.0 Å². The minimum Gasteiger partial charge on any atom is -0.383 e. The lowest BCUT2D eigenvalue weighted by Gasteiger charge is -2.05. The van der Waals surface area contributed by atoms with E-state index in [1.807, 2.05) is 6.92 Å². The number of benzene rings is 1. The summed E-state index contributed by atoms with van der Waals surface area (Å²) in [5.41, 5.74) is 6.32. The summed E-state index contributed by atoms with van der Waals surface area (Å²) < 4.78 is 25.3. The zero-order valence-corrected chi connectivity index (χ0v) is 10.2. The van der Waals surface area contributed by atoms with Crippen LogP contribution < -0.4 is 5.73 Å². The van der Waals surface area contributed by atoms with Gasteiger partial charge in [-0.3, -0.25) is 0 Å². The largest absolute Gasteiger partial charge is 0.383 e. The second-order valence-corrected chi connectivity index (χ2v) is 5.34. The number of hydrogen-bond donors (Lipinski definition) is 1. The van der Waals surface area contributed by atoms with Crippen LogP contribution in [0.15, 0.2) is 41.3 Å². The van der Waals surface area contributed by atoms with Gasteiger partial charge in [-0.25, -0.2) is 0 Å². The Morgan fingerprint density at radius 2 is 1.94 bits per heavy atom. The Labute approximate surface area is 99.9 Å². The second-order valence-electron chi connectivity index (χ2n) is 3.58. The Hall–Kier alpha value is -1.82. The predicted octanol–water partition coefficient (Wildman–Crippen LogP) is 1.26. The fraction of sp³-hybridized carbons (Fsp3) is 0.182. The molecular formula is C11H13N3O2S. The number of aryl methyl sites for hydroxylation is 1. The fourth-order valence-electron chi connectivity index (χ4n) is 1.49. The van der Waals surface area contributed by atoms with Gasteiger partial charge in [0, 0.05) is 6.07 Å². The molecule has 1 heterocycles. The molecule has 90 valence electrons. The maximum Gasteiger partial charge on any atom is 0.284 e. The molecule has 0 fully saturated rings. The van der Waals surface area contributed by atoms with Crippen LogP contribution in [-0.4, -0.2) is 17.6 Å². The highest BCUT2D eigenvalue weighted by atomic mass is 32.2. The molecule has 0 spiro atoms. The lowest BCUT2D eigenvalue weighted by atomic mass is 10.3. The number of anilines is 1. The Bertz CT molecular complexity index is 617. The molecule has 0 saturated carbocycles. The average molecular weight is 251 g/mol. The Balaban J connectivity index is 2.56. The van der Waals surface area contributed by atoms with Crippen molar-refractivity contribution in [3.05, 3.63) is 42.1 Å². The molecule has 1 aromatic heterocycles. The van der Waals surface area contributed by atoms with Crippen molar-refractivity contribution in [3.63, 3.8) is 0 Å². The van der Waals surface area contributed by atoms with Gasteiger partial charge < -0.3 is 5.73 Å². The number of rotatable bonds is 3. The van der Waals surface area contributed by atoms with Gasteiger partial charge in [0.2, 0.25) is 0 Å². The van der Waals surface area contributed by atoms with Crippen LogP contribution in [0.5, 0.6) is 0 Å². The molecular weight excluding hydrogens is 238 g/mol. The van der Waals surface area contributed by atoms with E-state index >= 15 is 0 Å². The highest BCUT2D eigenvalue weighted by Crippen LogP contribution is 2.17. The molecule has 2 N–H and O–H groups in total. The van der Waals surface area contributed by atoms with Crippen LogP contribution in [0.1, 0.15) is 12.6 Å². The first-order valence-electron chi connectivity index (χ1n) is 5.20. The van der Waals surface area contributed by atoms with E-state index in [0.29, 0.717) is 12.1 Å². The van der Waals surface area contributed by atoms with Gasteiger partial charge in [0.05, 0.1) is 10.6 Å². The third-order valence-electron chi connectivity index (χ3n) is 2.39. The maximum absolute atomic E-state index is 12.2. The summed E-state index contributed by atoms with van der Waals surface area (Å²) in [5.74, 6) is 0.130. The van der Waals surface area contributed by atoms with Crippen LogP contribution >= 0.6 is 0 Å². The van der Waals surface area contributed by atoms with Crippen molar-refractivity contribution in [1.29, 1.82) is 0 Å². The lowest BCUT2D eigenvalue weighted by molar-refractivity contribution is 0.580. The SMILES string of the molecule is CCc1cc(N)n(S(=O)(=O)c2ccccc2)n1. The average Bonchev–Trinajstić information content (AvgIpc) is 2.72. The molecule has 6 heteroatoms. The third kappa shape index (κ3) is 2.03. The van der Waals surface area contributed by atoms with Crippen LogP contribution in [0, 0.1) is 0 Å². The highest BCUT2D eigenvalue weighted by Gasteiger charge is 2.20. The van der Waals surface area contributed by atoms with Crippen molar-refractivity contribution in [2.75, 3.05) is 5.73 Å². The smallest absolute Gasteiger partial charge is 0.284 e. The van der Waals surface area contributed by atoms with Crippen molar-refractivity contribution in [2.45, 2.75) is 18.2 Å². The van der Waals surface area contributed by atoms with Crippen molar-refractivity contribution >= 4 is 15.8 Å². The first-order chi connectivity index (χ1) is 8.05. The van der Waals surface area contributed by atoms with Gasteiger partial charge in [0.25, 0.3) is 10.0 Å². The second kappa shape index (κ2) is 4.21. The van der Waals surface area contributed by atoms with E-state index in [2.05, 4.69) is 5.10 Å². The molecule has 5 nitrogen and oxygen atoms in total. The molecule has 0 aliphatic heterocycles. The molecule has 1 aromatic carbocycles. The number of aromatic nitrogens is 2. The molecule has 0 unspecified atom stereocenters. The van der Waals surface area contributed by atoms with Crippen LogP contribution in [-0.2, 0) is 16.4 Å². The Morgan fingerprint density at radius 3 is 2.47 bits per heavy atom. The van der Waals surface area contributed by atoms with E-state index in [1.165, 1.54) is 12.1 Å². The molecule has 0 aliphatic rings. The summed E-state index contributed by atoms with van der Waals surface area (Å²) in [6, 6.07) is 9.67. The van der Waals surface area contributed by atoms with E-state index in [9.17, 15) is 8.42 Å². The summed E-state index contributed by atoms with van der Waals surface area (Å²) in [6.07, 6.45) is 0.640. The summed E-state index contributed by atoms with van der Waals surface area (Å²) in [5, 5.41) is 3.98. The van der Waals surface area contributed by atoms with Gasteiger partial charge in [-0.15, -0.1) is 4.09 Å². The summed E-state index contributed by atoms with van der Waals surface area (Å²) in [4.78, 5) is 0.178. The lowest BCUT2D eigenvalue weighted by Crippen LogP contribution is -2.16. The van der Waals surface area contributed by atoms with E-state index in [0.717, 1.165) is 4.09 Å². The molecule has 0 atom stereocenters. The minimum atomic E-state index is -3.68. The van der Waals surface area contributed by atoms with Crippen molar-refractivity contribution in [2.24, 2.45) is 0 Å². The van der Waals surface area contributed by atoms with Crippen molar-refractivity contribution in [1.82, 2.24) is 9.19 Å². The molecule has 17 heavy (non-hydrogen) atoms. The quantitative estimate of drug-likeness (QED) is 0.891. The number of hydrogen-bond acceptors (Lipinski definition) is 4. The molecule has 0 radical (unpaired) electrons. The zero-order chi connectivity index (χ0) is 12.5. The normalized spacial score (nSPS) is 11.6. The standard InChI is InChI=1S/C11H13N3O2S/c1-2-9-8-11(12)14(13-9)17(15,16)10-6-4-3-5-7-10/h3-8H,2,12H2,1H3. The van der Waals surface area contributed by atoms with Crippen LogP contribution in [0.3, 0.4) is 0 Å². The van der Waals surface area contributed by atoms with E-state index in [-0.39, 0.29) is 10.7 Å². The first kappa shape index (κ1) is 11.7. The van der Waals surface area contributed by atoms with Gasteiger partial charge >= 0.3 is 0 Å². The van der Waals surface area contributed by atoms with Crippen LogP contribution in [0.25, 0.3) is 0 Å². The topological polar surface area (TPSA) is 78.0 Å². The fourth-order valence-corrected chi connectivity index (χ4v) is 2.73. The zero-order valence-electron chi connectivity index (χ0n) is 9.37. The first-order valence-corrected chi connectivity index (χ1v) is 6.64. The van der Waals surface area contributed by atoms with Gasteiger partial charge in [0.1, 0.15) is 5.82 Å². The number of nitrogens with zero attached hydrogens (tertiary/aromatic N) is 2. The molecule has 2 aromatic rings. The monoisotopic (exact) mass is 251 g/mol. The van der Waals surface area contributed by atoms with Crippen LogP contribution in [0.2, 0.25) is 0 Å². The maximum atomic E-state index is 12.2. The summed E-state index contributed by atoms with van der Waals surface area (Å²) >= 11 is 0. The van der Waals surface area contributed by atoms with Gasteiger partial charge in [-0.05, 0) is 18.6 Å². The molecule has 0 amide bonds. The van der Waals surface area contributed by atoms with E-state index in [4.69, 9.17) is 5.73 Å². The number of nitrogens with two attached hydrogens (primary N) is 1. The molecule has 0 aliphatic carbocycles. The number of nitrogen functional groups attached to an aromatic ring is 1. The molecule has 0 saturated heterocycles. The van der Waals surface area contributed by atoms with E-state index in [1.54, 1.807) is 24.3 Å². The third-order valence-corrected chi connectivity index (χ3v) is 4.00. The van der Waals surface area contributed by atoms with Gasteiger partial charge in [-0.2, -0.15) is 13.5 Å². The Kier molecular flexibility index (Phi) is 2.89. The predicted molar refractivity (Wildman–Crippen MR) is 65.0 cm³/mol. The van der Waals surface area contributed by atoms with Crippen molar-refractivity contribution < 1.29 is 8.42 Å². The minimum absolute atomic E-state index is 0.130. The van der Waals surface area contributed by atoms with Crippen molar-refractivity contribution in [3.8, 4) is 0 Å². The molecule has 0 bridgehead atoms. The summed E-state index contributed by atoms with van der Waals surface area (Å²) in [6.45, 7) is 1.89.